The van der Waals surface area contributed by atoms with Gasteiger partial charge >= 0.3 is 6.03 Å². The third kappa shape index (κ3) is 4.68. The van der Waals surface area contributed by atoms with Crippen molar-refractivity contribution in [3.63, 3.8) is 0 Å². The van der Waals surface area contributed by atoms with Crippen molar-refractivity contribution in [2.75, 3.05) is 18.0 Å². The molecule has 4 amide bonds. The first kappa shape index (κ1) is 22.3. The number of aromatic nitrogens is 2. The molecule has 0 saturated carbocycles. The molecule has 3 N–H and O–H groups in total. The summed E-state index contributed by atoms with van der Waals surface area (Å²) in [6, 6.07) is 13.6. The first-order valence-corrected chi connectivity index (χ1v) is 10.7. The lowest BCUT2D eigenvalue weighted by Crippen LogP contribution is -2.49. The van der Waals surface area contributed by atoms with E-state index in [0.717, 1.165) is 11.3 Å². The maximum atomic E-state index is 13.6. The van der Waals surface area contributed by atoms with Crippen LogP contribution in [0.2, 0.25) is 5.02 Å². The molecule has 9 nitrogen and oxygen atoms in total. The molecule has 3 aromatic rings. The second kappa shape index (κ2) is 9.33. The molecular formula is C23H23ClN6O3. The summed E-state index contributed by atoms with van der Waals surface area (Å²) in [6.07, 6.45) is 3.45. The zero-order valence-electron chi connectivity index (χ0n) is 17.9. The van der Waals surface area contributed by atoms with Crippen LogP contribution in [0, 0.1) is 0 Å². The van der Waals surface area contributed by atoms with Gasteiger partial charge in [0.15, 0.2) is 0 Å². The Morgan fingerprint density at radius 1 is 1.18 bits per heavy atom. The van der Waals surface area contributed by atoms with E-state index in [1.54, 1.807) is 51.1 Å². The van der Waals surface area contributed by atoms with E-state index < -0.39 is 11.9 Å². The van der Waals surface area contributed by atoms with Crippen molar-refractivity contribution >= 4 is 35.1 Å². The van der Waals surface area contributed by atoms with Gasteiger partial charge in [0.2, 0.25) is 5.91 Å². The number of halogens is 1. The van der Waals surface area contributed by atoms with Gasteiger partial charge in [0.1, 0.15) is 0 Å². The second-order valence-electron chi connectivity index (χ2n) is 7.76. The number of nitrogens with zero attached hydrogens (tertiary/aromatic N) is 4. The van der Waals surface area contributed by atoms with Gasteiger partial charge < -0.3 is 20.9 Å². The fraction of sp³-hybridized carbons (Fsp3) is 0.217. The third-order valence-corrected chi connectivity index (χ3v) is 5.79. The highest BCUT2D eigenvalue weighted by Crippen LogP contribution is 2.30. The number of benzene rings is 2. The molecule has 1 aliphatic heterocycles. The minimum absolute atomic E-state index is 0.247. The summed E-state index contributed by atoms with van der Waals surface area (Å²) in [5.74, 6) is -0.901. The van der Waals surface area contributed by atoms with Gasteiger partial charge in [-0.15, -0.1) is 0 Å². The third-order valence-electron chi connectivity index (χ3n) is 5.47. The molecule has 0 saturated heterocycles. The molecular weight excluding hydrogens is 444 g/mol. The Labute approximate surface area is 195 Å². The van der Waals surface area contributed by atoms with Crippen LogP contribution < -0.4 is 16.0 Å². The number of hydrogen-bond acceptors (Lipinski definition) is 4. The Kier molecular flexibility index (Phi) is 6.32. The van der Waals surface area contributed by atoms with Crippen LogP contribution in [-0.4, -0.2) is 51.7 Å². The Balaban J connectivity index is 1.64. The fourth-order valence-electron chi connectivity index (χ4n) is 3.82. The predicted octanol–water partition coefficient (Wildman–Crippen LogP) is 2.57. The maximum Gasteiger partial charge on any atom is 0.318 e. The molecule has 0 radical (unpaired) electrons. The summed E-state index contributed by atoms with van der Waals surface area (Å²) in [4.78, 5) is 40.6. The zero-order valence-corrected chi connectivity index (χ0v) is 18.7. The minimum atomic E-state index is -0.628. The second-order valence-corrected chi connectivity index (χ2v) is 8.17. The number of hydrogen-bond donors (Lipinski definition) is 2. The van der Waals surface area contributed by atoms with Gasteiger partial charge in [0.25, 0.3) is 5.91 Å². The van der Waals surface area contributed by atoms with Crippen LogP contribution in [0.1, 0.15) is 22.8 Å². The summed E-state index contributed by atoms with van der Waals surface area (Å²) in [5, 5.41) is 7.01. The molecule has 0 unspecified atom stereocenters. The number of carbonyl (C=O) groups excluding carboxylic acids is 3. The molecule has 2 aromatic carbocycles. The number of nitrogens with two attached hydrogens (primary N) is 1. The molecule has 0 bridgehead atoms. The SMILES string of the molecule is C[C@H]1CN(C(=O)c2ccc(-n3cccn3)cc2Cl)c2ccccc2CN1C(=O)NCC(N)=O. The van der Waals surface area contributed by atoms with E-state index in [-0.39, 0.29) is 31.6 Å². The molecule has 1 aliphatic rings. The van der Waals surface area contributed by atoms with Crippen LogP contribution >= 0.6 is 11.6 Å². The topological polar surface area (TPSA) is 114 Å². The van der Waals surface area contributed by atoms with Gasteiger partial charge in [-0.3, -0.25) is 9.59 Å². The van der Waals surface area contributed by atoms with E-state index in [2.05, 4.69) is 10.4 Å². The lowest BCUT2D eigenvalue weighted by atomic mass is 10.1. The minimum Gasteiger partial charge on any atom is -0.368 e. The van der Waals surface area contributed by atoms with Crippen molar-refractivity contribution in [3.8, 4) is 5.69 Å². The molecule has 2 heterocycles. The smallest absolute Gasteiger partial charge is 0.318 e. The van der Waals surface area contributed by atoms with Crippen molar-refractivity contribution in [1.82, 2.24) is 20.0 Å². The van der Waals surface area contributed by atoms with Crippen molar-refractivity contribution in [3.05, 3.63) is 77.1 Å². The quantitative estimate of drug-likeness (QED) is 0.615. The lowest BCUT2D eigenvalue weighted by Gasteiger charge is -2.29. The van der Waals surface area contributed by atoms with E-state index in [0.29, 0.717) is 16.3 Å². The molecule has 4 rings (SSSR count). The summed E-state index contributed by atoms with van der Waals surface area (Å²) in [5.41, 5.74) is 7.74. The number of rotatable bonds is 4. The normalized spacial score (nSPS) is 15.5. The number of carbonyl (C=O) groups is 3. The van der Waals surface area contributed by atoms with Gasteiger partial charge in [0.05, 0.1) is 22.8 Å². The zero-order chi connectivity index (χ0) is 23.5. The summed E-state index contributed by atoms with van der Waals surface area (Å²) >= 11 is 6.51. The van der Waals surface area contributed by atoms with Crippen LogP contribution in [0.4, 0.5) is 10.5 Å². The van der Waals surface area contributed by atoms with Crippen LogP contribution in [0.25, 0.3) is 5.69 Å². The van der Waals surface area contributed by atoms with Crippen molar-refractivity contribution in [2.45, 2.75) is 19.5 Å². The highest BCUT2D eigenvalue weighted by atomic mass is 35.5. The molecule has 0 aliphatic carbocycles. The summed E-state index contributed by atoms with van der Waals surface area (Å²) in [7, 11) is 0. The number of amides is 4. The molecule has 1 aromatic heterocycles. The predicted molar refractivity (Wildman–Crippen MR) is 124 cm³/mol. The van der Waals surface area contributed by atoms with E-state index in [9.17, 15) is 14.4 Å². The van der Waals surface area contributed by atoms with Gasteiger partial charge in [-0.1, -0.05) is 29.8 Å². The molecule has 33 heavy (non-hydrogen) atoms. The highest BCUT2D eigenvalue weighted by Gasteiger charge is 2.32. The largest absolute Gasteiger partial charge is 0.368 e. The molecule has 0 fully saturated rings. The molecule has 10 heteroatoms. The van der Waals surface area contributed by atoms with Gasteiger partial charge in [0, 0.05) is 37.2 Å². The van der Waals surface area contributed by atoms with E-state index in [4.69, 9.17) is 17.3 Å². The number of anilines is 1. The van der Waals surface area contributed by atoms with Crippen molar-refractivity contribution in [1.29, 1.82) is 0 Å². The highest BCUT2D eigenvalue weighted by molar-refractivity contribution is 6.34. The Morgan fingerprint density at radius 3 is 2.67 bits per heavy atom. The van der Waals surface area contributed by atoms with E-state index in [1.165, 1.54) is 0 Å². The number of fused-ring (bicyclic) bond motifs is 1. The fourth-order valence-corrected chi connectivity index (χ4v) is 4.08. The van der Waals surface area contributed by atoms with Gasteiger partial charge in [-0.2, -0.15) is 5.10 Å². The van der Waals surface area contributed by atoms with Crippen molar-refractivity contribution < 1.29 is 14.4 Å². The van der Waals surface area contributed by atoms with E-state index in [1.807, 2.05) is 31.2 Å². The Bertz CT molecular complexity index is 1200. The number of para-hydroxylation sites is 1. The number of urea groups is 1. The van der Waals surface area contributed by atoms with Crippen LogP contribution in [0.5, 0.6) is 0 Å². The molecule has 1 atom stereocenters. The van der Waals surface area contributed by atoms with Crippen molar-refractivity contribution in [2.24, 2.45) is 5.73 Å². The summed E-state index contributed by atoms with van der Waals surface area (Å²) in [6.45, 7) is 2.11. The van der Waals surface area contributed by atoms with E-state index >= 15 is 0 Å². The number of nitrogens with one attached hydrogen (secondary N) is 1. The first-order chi connectivity index (χ1) is 15.8. The van der Waals surface area contributed by atoms with Crippen LogP contribution in [0.3, 0.4) is 0 Å². The van der Waals surface area contributed by atoms with Gasteiger partial charge in [-0.05, 0) is 42.8 Å². The lowest BCUT2D eigenvalue weighted by molar-refractivity contribution is -0.117. The summed E-state index contributed by atoms with van der Waals surface area (Å²) < 4.78 is 1.66. The Morgan fingerprint density at radius 2 is 1.97 bits per heavy atom. The molecule has 170 valence electrons. The Hall–Kier alpha value is -3.85. The average molecular weight is 467 g/mol. The van der Waals surface area contributed by atoms with Gasteiger partial charge in [-0.25, -0.2) is 9.48 Å². The number of primary amides is 1. The average Bonchev–Trinajstić information content (AvgIpc) is 3.29. The first-order valence-electron chi connectivity index (χ1n) is 10.4. The monoisotopic (exact) mass is 466 g/mol. The molecule has 0 spiro atoms. The standard InChI is InChI=1S/C23H23ClN6O3/c1-15-13-29(22(32)18-8-7-17(11-19(18)24)30-10-4-9-27-30)20-6-3-2-5-16(20)14-28(15)23(33)26-12-21(25)31/h2-11,15H,12-14H2,1H3,(H2,25,31)(H,26,33)/t15-/m0/s1. The maximum absolute atomic E-state index is 13.6. The van der Waals surface area contributed by atoms with Crippen LogP contribution in [0.15, 0.2) is 60.9 Å². The van der Waals surface area contributed by atoms with Crippen LogP contribution in [-0.2, 0) is 11.3 Å².